The fraction of sp³-hybridized carbons (Fsp3) is 0.457. The van der Waals surface area contributed by atoms with Gasteiger partial charge in [-0.3, -0.25) is 28.8 Å². The number of aryl methyl sites for hydroxylation is 1. The van der Waals surface area contributed by atoms with E-state index in [2.05, 4.69) is 10.6 Å². The number of ether oxygens (including phenoxy) is 6. The number of hydrogen-bond donors (Lipinski definition) is 2. The monoisotopic (exact) mass is 796 g/mol. The van der Waals surface area contributed by atoms with Crippen LogP contribution in [0.5, 0.6) is 0 Å². The molecule has 54 heavy (non-hydrogen) atoms. The normalized spacial score (nSPS) is 20.6. The summed E-state index contributed by atoms with van der Waals surface area (Å²) in [5.41, 5.74) is 1.21. The molecule has 3 rings (SSSR count). The first-order valence-corrected chi connectivity index (χ1v) is 18.2. The number of esters is 5. The third-order valence-electron chi connectivity index (χ3n) is 7.95. The molecule has 2 N–H and O–H groups in total. The molecule has 1 aliphatic rings. The molecule has 0 spiro atoms. The number of benzene rings is 2. The average Bonchev–Trinajstić information content (AvgIpc) is 3.09. The van der Waals surface area contributed by atoms with Gasteiger partial charge in [0.15, 0.2) is 18.8 Å². The zero-order valence-electron chi connectivity index (χ0n) is 30.2. The fourth-order valence-corrected chi connectivity index (χ4v) is 7.57. The van der Waals surface area contributed by atoms with Crippen LogP contribution in [0.2, 0.25) is 5.02 Å². The Balaban J connectivity index is 2.25. The van der Waals surface area contributed by atoms with E-state index in [1.807, 2.05) is 0 Å². The SMILES string of the molecule is COC(=O)[C@]1(S(=O)(=O)c2ccc(C)cc2)C[C@H](OC(C)=O)[C@@H](NC(=O)COC(C)=O)[C@H]([C@H](OC(C)=O)[C@@H](CNC(=O)Cc2ccc(Cl)cc2)OC(C)=O)O1. The van der Waals surface area contributed by atoms with Gasteiger partial charge in [-0.15, -0.1) is 0 Å². The largest absolute Gasteiger partial charge is 0.466 e. The molecular weight excluding hydrogens is 756 g/mol. The predicted octanol–water partition coefficient (Wildman–Crippen LogP) is 1.28. The summed E-state index contributed by atoms with van der Waals surface area (Å²) in [5, 5.41) is 5.43. The second-order valence-electron chi connectivity index (χ2n) is 12.2. The highest BCUT2D eigenvalue weighted by atomic mass is 35.5. The summed E-state index contributed by atoms with van der Waals surface area (Å²) in [4.78, 5) is 85.7. The third kappa shape index (κ3) is 11.2. The number of methoxy groups -OCH3 is 1. The Bertz CT molecular complexity index is 1840. The van der Waals surface area contributed by atoms with Crippen molar-refractivity contribution >= 4 is 63.1 Å². The number of hydrogen-bond acceptors (Lipinski definition) is 15. The lowest BCUT2D eigenvalue weighted by Gasteiger charge is -2.48. The van der Waals surface area contributed by atoms with Gasteiger partial charge in [0.2, 0.25) is 15.7 Å². The molecule has 1 fully saturated rings. The maximum atomic E-state index is 14.5. The van der Waals surface area contributed by atoms with Crippen molar-refractivity contribution in [2.45, 2.75) is 87.7 Å². The van der Waals surface area contributed by atoms with Crippen LogP contribution in [0.4, 0.5) is 0 Å². The molecule has 294 valence electrons. The van der Waals surface area contributed by atoms with Crippen LogP contribution < -0.4 is 10.6 Å². The summed E-state index contributed by atoms with van der Waals surface area (Å²) in [5.74, 6) is -6.95. The number of halogens is 1. The maximum Gasteiger partial charge on any atom is 0.354 e. The first kappa shape index (κ1) is 43.3. The van der Waals surface area contributed by atoms with Crippen LogP contribution in [-0.4, -0.2) is 106 Å². The quantitative estimate of drug-likeness (QED) is 0.191. The van der Waals surface area contributed by atoms with Crippen molar-refractivity contribution < 1.29 is 70.4 Å². The lowest BCUT2D eigenvalue weighted by molar-refractivity contribution is -0.222. The number of rotatable bonds is 15. The van der Waals surface area contributed by atoms with Gasteiger partial charge in [-0.25, -0.2) is 13.2 Å². The zero-order valence-corrected chi connectivity index (χ0v) is 31.8. The van der Waals surface area contributed by atoms with Gasteiger partial charge >= 0.3 is 29.8 Å². The molecule has 2 aromatic carbocycles. The van der Waals surface area contributed by atoms with Gasteiger partial charge in [0.05, 0.1) is 31.0 Å². The fourth-order valence-electron chi connectivity index (χ4n) is 5.64. The van der Waals surface area contributed by atoms with Crippen molar-refractivity contribution in [2.75, 3.05) is 20.3 Å². The van der Waals surface area contributed by atoms with Gasteiger partial charge in [-0.05, 0) is 36.8 Å². The standard InChI is InChI=1S/C35H41ClN2O15S/c1-19-7-13-26(14-8-19)54(46,47)35(34(45)48-6)16-27(50-21(3)40)31(38-30(44)18-49-20(2)39)33(53-35)32(52-23(5)42)28(51-22(4)41)17-37-29(43)15-24-9-11-25(36)12-10-24/h7-14,27-28,31-33H,15-18H2,1-6H3,(H,37,43)(H,38,44)/t27-,28+,31+,32+,33+,35+/m0/s1. The zero-order chi connectivity index (χ0) is 40.4. The Morgan fingerprint density at radius 1 is 0.870 bits per heavy atom. The highest BCUT2D eigenvalue weighted by Gasteiger charge is 2.64. The van der Waals surface area contributed by atoms with Crippen LogP contribution in [0.1, 0.15) is 45.2 Å². The summed E-state index contributed by atoms with van der Waals surface area (Å²) >= 11 is 5.94. The van der Waals surface area contributed by atoms with Crippen LogP contribution in [0.3, 0.4) is 0 Å². The Morgan fingerprint density at radius 2 is 1.48 bits per heavy atom. The Morgan fingerprint density at radius 3 is 2.02 bits per heavy atom. The highest BCUT2D eigenvalue weighted by molar-refractivity contribution is 7.93. The number of nitrogens with one attached hydrogen (secondary N) is 2. The number of amides is 2. The first-order valence-electron chi connectivity index (χ1n) is 16.3. The molecule has 0 aromatic heterocycles. The van der Waals surface area contributed by atoms with Crippen LogP contribution in [0.25, 0.3) is 0 Å². The molecule has 0 aliphatic carbocycles. The highest BCUT2D eigenvalue weighted by Crippen LogP contribution is 2.42. The average molecular weight is 797 g/mol. The topological polar surface area (TPSA) is 233 Å². The second-order valence-corrected chi connectivity index (χ2v) is 14.8. The molecule has 1 heterocycles. The molecule has 17 nitrogen and oxygen atoms in total. The second kappa shape index (κ2) is 18.8. The van der Waals surface area contributed by atoms with Gasteiger partial charge in [0.1, 0.15) is 12.2 Å². The minimum atomic E-state index is -5.00. The van der Waals surface area contributed by atoms with E-state index in [0.29, 0.717) is 16.1 Å². The molecule has 1 aliphatic heterocycles. The number of sulfone groups is 1. The lowest BCUT2D eigenvalue weighted by atomic mass is 9.89. The van der Waals surface area contributed by atoms with Crippen molar-refractivity contribution in [2.24, 2.45) is 0 Å². The summed E-state index contributed by atoms with van der Waals surface area (Å²) < 4.78 is 61.6. The van der Waals surface area contributed by atoms with Crippen LogP contribution in [0, 0.1) is 6.92 Å². The molecule has 19 heteroatoms. The summed E-state index contributed by atoms with van der Waals surface area (Å²) in [6, 6.07) is 9.93. The van der Waals surface area contributed by atoms with E-state index in [1.165, 1.54) is 24.3 Å². The first-order chi connectivity index (χ1) is 25.3. The van der Waals surface area contributed by atoms with Crippen molar-refractivity contribution in [1.29, 1.82) is 0 Å². The Labute approximate surface area is 316 Å². The van der Waals surface area contributed by atoms with E-state index in [9.17, 15) is 42.0 Å². The van der Waals surface area contributed by atoms with E-state index in [4.69, 9.17) is 40.0 Å². The van der Waals surface area contributed by atoms with Crippen molar-refractivity contribution in [3.8, 4) is 0 Å². The lowest BCUT2D eigenvalue weighted by Crippen LogP contribution is -2.70. The minimum absolute atomic E-state index is 0.175. The molecule has 0 bridgehead atoms. The van der Waals surface area contributed by atoms with Crippen LogP contribution in [0.15, 0.2) is 53.4 Å². The third-order valence-corrected chi connectivity index (χ3v) is 10.4. The summed E-state index contributed by atoms with van der Waals surface area (Å²) in [7, 11) is -4.12. The van der Waals surface area contributed by atoms with E-state index in [1.54, 1.807) is 31.2 Å². The molecular formula is C35H41ClN2O15S. The van der Waals surface area contributed by atoms with Crippen LogP contribution >= 0.6 is 11.6 Å². The smallest absolute Gasteiger partial charge is 0.354 e. The van der Waals surface area contributed by atoms with E-state index in [-0.39, 0.29) is 6.42 Å². The van der Waals surface area contributed by atoms with Crippen molar-refractivity contribution in [1.82, 2.24) is 10.6 Å². The van der Waals surface area contributed by atoms with Crippen LogP contribution in [-0.2, 0) is 78.2 Å². The molecule has 1 saturated heterocycles. The predicted molar refractivity (Wildman–Crippen MR) is 186 cm³/mol. The molecule has 2 aromatic rings. The summed E-state index contributed by atoms with van der Waals surface area (Å²) in [6.07, 6.45) is -8.61. The molecule has 2 amide bonds. The van der Waals surface area contributed by atoms with E-state index >= 15 is 0 Å². The van der Waals surface area contributed by atoms with Gasteiger partial charge < -0.3 is 39.1 Å². The van der Waals surface area contributed by atoms with Gasteiger partial charge in [0, 0.05) is 39.1 Å². The number of carbonyl (C=O) groups is 7. The minimum Gasteiger partial charge on any atom is -0.466 e. The van der Waals surface area contributed by atoms with Gasteiger partial charge in [-0.1, -0.05) is 41.4 Å². The number of carbonyl (C=O) groups excluding carboxylic acids is 7. The molecule has 0 saturated carbocycles. The van der Waals surface area contributed by atoms with Gasteiger partial charge in [-0.2, -0.15) is 0 Å². The maximum absolute atomic E-state index is 14.5. The van der Waals surface area contributed by atoms with E-state index in [0.717, 1.165) is 34.8 Å². The Hall–Kier alpha value is -5.07. The molecule has 0 radical (unpaired) electrons. The molecule has 0 unspecified atom stereocenters. The molecule has 6 atom stereocenters. The van der Waals surface area contributed by atoms with E-state index < -0.39 is 111 Å². The Kier molecular flexibility index (Phi) is 15.1. The van der Waals surface area contributed by atoms with Crippen molar-refractivity contribution in [3.63, 3.8) is 0 Å². The summed E-state index contributed by atoms with van der Waals surface area (Å²) in [6.45, 7) is 4.17. The van der Waals surface area contributed by atoms with Crippen molar-refractivity contribution in [3.05, 3.63) is 64.7 Å². The van der Waals surface area contributed by atoms with Gasteiger partial charge in [0.25, 0.3) is 10.8 Å².